The summed E-state index contributed by atoms with van der Waals surface area (Å²) in [6, 6.07) is 3.75. The van der Waals surface area contributed by atoms with Gasteiger partial charge in [-0.1, -0.05) is 11.6 Å². The molecule has 0 unspecified atom stereocenters. The summed E-state index contributed by atoms with van der Waals surface area (Å²) < 4.78 is 13.2. The maximum Gasteiger partial charge on any atom is 0.270 e. The smallest absolute Gasteiger partial charge is 0.270 e. The Balaban J connectivity index is 1.69. The number of rotatable bonds is 2. The van der Waals surface area contributed by atoms with Crippen LogP contribution in [0.25, 0.3) is 0 Å². The lowest BCUT2D eigenvalue weighted by molar-refractivity contribution is 0.0924. The van der Waals surface area contributed by atoms with E-state index in [0.29, 0.717) is 12.1 Å². The largest absolute Gasteiger partial charge is 0.346 e. The molecule has 0 saturated carbocycles. The molecule has 1 aromatic rings. The molecular formula is C12H13ClFN3O. The quantitative estimate of drug-likeness (QED) is 0.800. The molecule has 3 atom stereocenters. The third-order valence-electron chi connectivity index (χ3n) is 3.65. The normalized spacial score (nSPS) is 29.6. The van der Waals surface area contributed by atoms with Gasteiger partial charge in [0.2, 0.25) is 5.95 Å². The van der Waals surface area contributed by atoms with E-state index in [1.807, 2.05) is 0 Å². The lowest BCUT2D eigenvalue weighted by Gasteiger charge is -2.21. The summed E-state index contributed by atoms with van der Waals surface area (Å²) in [7, 11) is 0. The number of amides is 1. The van der Waals surface area contributed by atoms with Gasteiger partial charge in [0.15, 0.2) is 0 Å². The SMILES string of the molecule is O=C(N[C@@H]1C[C@H]2CC[C@@H]1N2)c1ccc(Cl)c(F)n1. The molecule has 2 aliphatic heterocycles. The Kier molecular flexibility index (Phi) is 2.95. The van der Waals surface area contributed by atoms with E-state index in [4.69, 9.17) is 11.6 Å². The van der Waals surface area contributed by atoms with Gasteiger partial charge in [0, 0.05) is 18.1 Å². The molecule has 2 N–H and O–H groups in total. The highest BCUT2D eigenvalue weighted by Crippen LogP contribution is 2.28. The monoisotopic (exact) mass is 269 g/mol. The van der Waals surface area contributed by atoms with Gasteiger partial charge >= 0.3 is 0 Å². The molecular weight excluding hydrogens is 257 g/mol. The van der Waals surface area contributed by atoms with Crippen molar-refractivity contribution in [3.05, 3.63) is 28.8 Å². The van der Waals surface area contributed by atoms with E-state index >= 15 is 0 Å². The van der Waals surface area contributed by atoms with Crippen molar-refractivity contribution >= 4 is 17.5 Å². The Hall–Kier alpha value is -1.20. The van der Waals surface area contributed by atoms with Gasteiger partial charge in [-0.15, -0.1) is 0 Å². The minimum Gasteiger partial charge on any atom is -0.346 e. The van der Waals surface area contributed by atoms with Crippen molar-refractivity contribution in [1.29, 1.82) is 0 Å². The Morgan fingerprint density at radius 1 is 1.50 bits per heavy atom. The molecule has 2 aliphatic rings. The molecule has 18 heavy (non-hydrogen) atoms. The van der Waals surface area contributed by atoms with Gasteiger partial charge in [0.05, 0.1) is 5.02 Å². The van der Waals surface area contributed by atoms with Crippen LogP contribution in [0.3, 0.4) is 0 Å². The summed E-state index contributed by atoms with van der Waals surface area (Å²) in [4.78, 5) is 15.5. The van der Waals surface area contributed by atoms with Crippen LogP contribution in [-0.2, 0) is 0 Å². The molecule has 0 aliphatic carbocycles. The van der Waals surface area contributed by atoms with Gasteiger partial charge in [-0.2, -0.15) is 4.39 Å². The van der Waals surface area contributed by atoms with Crippen molar-refractivity contribution in [2.24, 2.45) is 0 Å². The lowest BCUT2D eigenvalue weighted by atomic mass is 9.95. The number of hydrogen-bond donors (Lipinski definition) is 2. The minimum atomic E-state index is -0.810. The molecule has 1 aromatic heterocycles. The second kappa shape index (κ2) is 4.48. The van der Waals surface area contributed by atoms with E-state index in [9.17, 15) is 9.18 Å². The minimum absolute atomic E-state index is 0.0691. The Labute approximate surface area is 109 Å². The van der Waals surface area contributed by atoms with E-state index in [1.165, 1.54) is 18.6 Å². The molecule has 1 amide bonds. The molecule has 6 heteroatoms. The van der Waals surface area contributed by atoms with E-state index in [0.717, 1.165) is 12.8 Å². The standard InChI is InChI=1S/C12H13ClFN3O/c13-7-2-4-9(16-11(7)14)12(18)17-10-5-6-1-3-8(10)15-6/h2,4,6,8,10,15H,1,3,5H2,(H,17,18)/t6-,8+,10-/m1/s1. The average Bonchev–Trinajstić information content (AvgIpc) is 2.94. The second-order valence-corrected chi connectivity index (χ2v) is 5.24. The average molecular weight is 270 g/mol. The number of nitrogens with zero attached hydrogens (tertiary/aromatic N) is 1. The fraction of sp³-hybridized carbons (Fsp3) is 0.500. The Morgan fingerprint density at radius 3 is 2.94 bits per heavy atom. The second-order valence-electron chi connectivity index (χ2n) is 4.83. The van der Waals surface area contributed by atoms with Crippen molar-refractivity contribution in [1.82, 2.24) is 15.6 Å². The lowest BCUT2D eigenvalue weighted by Crippen LogP contribution is -2.43. The zero-order valence-corrected chi connectivity index (χ0v) is 10.4. The number of carbonyl (C=O) groups is 1. The van der Waals surface area contributed by atoms with Gasteiger partial charge in [-0.05, 0) is 31.4 Å². The summed E-state index contributed by atoms with van der Waals surface area (Å²) >= 11 is 5.53. The third-order valence-corrected chi connectivity index (χ3v) is 3.93. The zero-order valence-electron chi connectivity index (χ0n) is 9.62. The molecule has 2 saturated heterocycles. The summed E-state index contributed by atoms with van der Waals surface area (Å²) in [5.74, 6) is -1.15. The van der Waals surface area contributed by atoms with Crippen LogP contribution in [0.4, 0.5) is 4.39 Å². The van der Waals surface area contributed by atoms with Gasteiger partial charge in [0.25, 0.3) is 5.91 Å². The van der Waals surface area contributed by atoms with Crippen LogP contribution in [0.15, 0.2) is 12.1 Å². The first-order valence-corrected chi connectivity index (χ1v) is 6.40. The highest BCUT2D eigenvalue weighted by atomic mass is 35.5. The number of aromatic nitrogens is 1. The summed E-state index contributed by atoms with van der Waals surface area (Å²) in [5.41, 5.74) is 0.0691. The van der Waals surface area contributed by atoms with Crippen LogP contribution in [0, 0.1) is 5.95 Å². The molecule has 4 nitrogen and oxygen atoms in total. The number of fused-ring (bicyclic) bond motifs is 2. The molecule has 2 fully saturated rings. The van der Waals surface area contributed by atoms with Crippen LogP contribution in [0.2, 0.25) is 5.02 Å². The Bertz CT molecular complexity index is 496. The fourth-order valence-corrected chi connectivity index (χ4v) is 2.88. The number of pyridine rings is 1. The maximum absolute atomic E-state index is 13.2. The molecule has 0 aromatic carbocycles. The van der Waals surface area contributed by atoms with Crippen LogP contribution < -0.4 is 10.6 Å². The fourth-order valence-electron chi connectivity index (χ4n) is 2.77. The Morgan fingerprint density at radius 2 is 2.33 bits per heavy atom. The number of nitrogens with one attached hydrogen (secondary N) is 2. The van der Waals surface area contributed by atoms with Gasteiger partial charge < -0.3 is 10.6 Å². The summed E-state index contributed by atoms with van der Waals surface area (Å²) in [5, 5.41) is 6.25. The van der Waals surface area contributed by atoms with Crippen molar-refractivity contribution < 1.29 is 9.18 Å². The van der Waals surface area contributed by atoms with E-state index in [2.05, 4.69) is 15.6 Å². The van der Waals surface area contributed by atoms with Gasteiger partial charge in [-0.25, -0.2) is 4.98 Å². The van der Waals surface area contributed by atoms with E-state index in [1.54, 1.807) is 0 Å². The van der Waals surface area contributed by atoms with Crippen LogP contribution in [-0.4, -0.2) is 29.0 Å². The van der Waals surface area contributed by atoms with E-state index < -0.39 is 5.95 Å². The molecule has 0 spiro atoms. The molecule has 3 heterocycles. The molecule has 3 rings (SSSR count). The van der Waals surface area contributed by atoms with Crippen molar-refractivity contribution in [3.8, 4) is 0 Å². The van der Waals surface area contributed by atoms with Gasteiger partial charge in [-0.3, -0.25) is 4.79 Å². The number of halogens is 2. The van der Waals surface area contributed by atoms with Crippen LogP contribution in [0.1, 0.15) is 29.8 Å². The first-order chi connectivity index (χ1) is 8.63. The highest BCUT2D eigenvalue weighted by Gasteiger charge is 2.39. The summed E-state index contributed by atoms with van der Waals surface area (Å²) in [6.45, 7) is 0. The predicted octanol–water partition coefficient (Wildman–Crippen LogP) is 1.50. The predicted molar refractivity (Wildman–Crippen MR) is 65.0 cm³/mol. The van der Waals surface area contributed by atoms with Crippen LogP contribution >= 0.6 is 11.6 Å². The number of hydrogen-bond acceptors (Lipinski definition) is 3. The summed E-state index contributed by atoms with van der Waals surface area (Å²) in [6.07, 6.45) is 3.19. The van der Waals surface area contributed by atoms with Crippen molar-refractivity contribution in [3.63, 3.8) is 0 Å². The third kappa shape index (κ3) is 2.08. The molecule has 2 bridgehead atoms. The highest BCUT2D eigenvalue weighted by molar-refractivity contribution is 6.30. The van der Waals surface area contributed by atoms with Crippen molar-refractivity contribution in [2.75, 3.05) is 0 Å². The van der Waals surface area contributed by atoms with Crippen LogP contribution in [0.5, 0.6) is 0 Å². The first-order valence-electron chi connectivity index (χ1n) is 6.02. The number of carbonyl (C=O) groups excluding carboxylic acids is 1. The van der Waals surface area contributed by atoms with E-state index in [-0.39, 0.29) is 22.7 Å². The van der Waals surface area contributed by atoms with Gasteiger partial charge in [0.1, 0.15) is 5.69 Å². The zero-order chi connectivity index (χ0) is 12.7. The van der Waals surface area contributed by atoms with Crippen molar-refractivity contribution in [2.45, 2.75) is 37.4 Å². The topological polar surface area (TPSA) is 54.0 Å². The molecule has 96 valence electrons. The first kappa shape index (κ1) is 11.9. The maximum atomic E-state index is 13.2. The molecule has 0 radical (unpaired) electrons.